The molecule has 0 spiro atoms. The van der Waals surface area contributed by atoms with Gasteiger partial charge in [-0.1, -0.05) is 51.7 Å². The van der Waals surface area contributed by atoms with E-state index in [0.717, 1.165) is 32.1 Å². The van der Waals surface area contributed by atoms with E-state index in [0.29, 0.717) is 18.5 Å². The van der Waals surface area contributed by atoms with Crippen molar-refractivity contribution in [1.82, 2.24) is 15.5 Å². The van der Waals surface area contributed by atoms with E-state index < -0.39 is 23.8 Å². The number of ether oxygens (including phenoxy) is 1. The molecule has 0 fully saturated rings. The van der Waals surface area contributed by atoms with E-state index in [9.17, 15) is 19.5 Å². The summed E-state index contributed by atoms with van der Waals surface area (Å²) in [6.45, 7) is 13.3. The lowest BCUT2D eigenvalue weighted by Gasteiger charge is -2.34. The first-order valence-electron chi connectivity index (χ1n) is 12.8. The van der Waals surface area contributed by atoms with Gasteiger partial charge < -0.3 is 25.4 Å². The number of benzene rings is 1. The fourth-order valence-corrected chi connectivity index (χ4v) is 3.86. The number of nitrogens with one attached hydrogen (secondary N) is 2. The molecule has 3 unspecified atom stereocenters. The monoisotopic (exact) mass is 491 g/mol. The van der Waals surface area contributed by atoms with Crippen LogP contribution in [0.25, 0.3) is 0 Å². The molecule has 0 aliphatic carbocycles. The summed E-state index contributed by atoms with van der Waals surface area (Å²) in [5.41, 5.74) is -0.189. The minimum atomic E-state index is -0.946. The van der Waals surface area contributed by atoms with E-state index in [1.807, 2.05) is 13.8 Å². The summed E-state index contributed by atoms with van der Waals surface area (Å²) in [5.74, 6) is -0.691. The quantitative estimate of drug-likeness (QED) is 0.334. The SMILES string of the molecule is CCCCCCN(C(=O)C(C)NC(=O)OC(C)(C)C)C(C(=O)NC(C)CCC)c1cccc(O)c1. The zero-order valence-corrected chi connectivity index (χ0v) is 22.5. The summed E-state index contributed by atoms with van der Waals surface area (Å²) in [6.07, 6.45) is 4.70. The molecule has 0 radical (unpaired) electrons. The number of hydrogen-bond donors (Lipinski definition) is 3. The normalized spacial score (nSPS) is 13.9. The highest BCUT2D eigenvalue weighted by atomic mass is 16.6. The number of hydrogen-bond acceptors (Lipinski definition) is 5. The maximum Gasteiger partial charge on any atom is 0.408 e. The molecular weight excluding hydrogens is 446 g/mol. The molecule has 1 rings (SSSR count). The van der Waals surface area contributed by atoms with Crippen molar-refractivity contribution in [2.75, 3.05) is 6.54 Å². The lowest BCUT2D eigenvalue weighted by atomic mass is 10.0. The van der Waals surface area contributed by atoms with Crippen molar-refractivity contribution in [2.45, 2.75) is 111 Å². The number of phenols is 1. The predicted molar refractivity (Wildman–Crippen MR) is 138 cm³/mol. The topological polar surface area (TPSA) is 108 Å². The summed E-state index contributed by atoms with van der Waals surface area (Å²) in [5, 5.41) is 15.7. The highest BCUT2D eigenvalue weighted by Crippen LogP contribution is 2.26. The van der Waals surface area contributed by atoms with Crippen LogP contribution in [0.1, 0.15) is 98.6 Å². The Kier molecular flexibility index (Phi) is 12.6. The summed E-state index contributed by atoms with van der Waals surface area (Å²) < 4.78 is 5.31. The second-order valence-electron chi connectivity index (χ2n) is 10.2. The Labute approximate surface area is 210 Å². The Morgan fingerprint density at radius 2 is 1.71 bits per heavy atom. The average Bonchev–Trinajstić information content (AvgIpc) is 2.73. The number of carbonyl (C=O) groups is 3. The first-order valence-corrected chi connectivity index (χ1v) is 12.8. The maximum absolute atomic E-state index is 13.6. The third-order valence-electron chi connectivity index (χ3n) is 5.50. The van der Waals surface area contributed by atoms with E-state index in [2.05, 4.69) is 17.6 Å². The molecule has 0 saturated heterocycles. The van der Waals surface area contributed by atoms with E-state index in [-0.39, 0.29) is 23.6 Å². The molecule has 3 amide bonds. The fraction of sp³-hybridized carbons (Fsp3) is 0.667. The molecule has 0 aromatic heterocycles. The molecule has 35 heavy (non-hydrogen) atoms. The van der Waals surface area contributed by atoms with E-state index in [1.165, 1.54) is 17.0 Å². The standard InChI is InChI=1S/C27H45N3O5/c1-8-10-11-12-17-30(25(33)20(4)29-26(34)35-27(5,6)7)23(21-15-13-16-22(31)18-21)24(32)28-19(3)14-9-2/h13,15-16,18-20,23,31H,8-12,14,17H2,1-7H3,(H,28,32)(H,29,34). The molecule has 3 atom stereocenters. The number of unbranched alkanes of at least 4 members (excludes halogenated alkanes) is 3. The van der Waals surface area contributed by atoms with Crippen LogP contribution in [0.15, 0.2) is 24.3 Å². The number of phenolic OH excluding ortho intramolecular Hbond substituents is 1. The van der Waals surface area contributed by atoms with Crippen LogP contribution in [-0.4, -0.2) is 52.1 Å². The Hall–Kier alpha value is -2.77. The Balaban J connectivity index is 3.30. The Morgan fingerprint density at radius 1 is 1.03 bits per heavy atom. The number of amides is 3. The number of nitrogens with zero attached hydrogens (tertiary/aromatic N) is 1. The van der Waals surface area contributed by atoms with Gasteiger partial charge in [-0.25, -0.2) is 4.79 Å². The second kappa shape index (κ2) is 14.6. The molecule has 8 heteroatoms. The highest BCUT2D eigenvalue weighted by molar-refractivity contribution is 5.92. The number of aromatic hydroxyl groups is 1. The lowest BCUT2D eigenvalue weighted by molar-refractivity contribution is -0.142. The van der Waals surface area contributed by atoms with Gasteiger partial charge in [0, 0.05) is 12.6 Å². The molecule has 3 N–H and O–H groups in total. The Bertz CT molecular complexity index is 821. The summed E-state index contributed by atoms with van der Waals surface area (Å²) in [6, 6.07) is 4.50. The van der Waals surface area contributed by atoms with Crippen molar-refractivity contribution >= 4 is 17.9 Å². The third-order valence-corrected chi connectivity index (χ3v) is 5.50. The first kappa shape index (κ1) is 30.3. The zero-order chi connectivity index (χ0) is 26.6. The molecule has 0 heterocycles. The van der Waals surface area contributed by atoms with Gasteiger partial charge in [-0.2, -0.15) is 0 Å². The summed E-state index contributed by atoms with van der Waals surface area (Å²) in [7, 11) is 0. The van der Waals surface area contributed by atoms with Gasteiger partial charge in [0.25, 0.3) is 0 Å². The van der Waals surface area contributed by atoms with Gasteiger partial charge in [-0.05, 0) is 65.2 Å². The van der Waals surface area contributed by atoms with Crippen LogP contribution in [0, 0.1) is 0 Å². The third kappa shape index (κ3) is 11.0. The van der Waals surface area contributed by atoms with Gasteiger partial charge in [-0.15, -0.1) is 0 Å². The molecule has 0 saturated carbocycles. The van der Waals surface area contributed by atoms with Crippen LogP contribution < -0.4 is 10.6 Å². The van der Waals surface area contributed by atoms with Gasteiger partial charge in [0.05, 0.1) is 0 Å². The summed E-state index contributed by atoms with van der Waals surface area (Å²) in [4.78, 5) is 41.0. The van der Waals surface area contributed by atoms with E-state index in [1.54, 1.807) is 39.8 Å². The van der Waals surface area contributed by atoms with Gasteiger partial charge in [-0.3, -0.25) is 9.59 Å². The second-order valence-corrected chi connectivity index (χ2v) is 10.2. The smallest absolute Gasteiger partial charge is 0.408 e. The van der Waals surface area contributed by atoms with Gasteiger partial charge in [0.15, 0.2) is 0 Å². The van der Waals surface area contributed by atoms with Crippen molar-refractivity contribution in [1.29, 1.82) is 0 Å². The van der Waals surface area contributed by atoms with Crippen LogP contribution in [0.3, 0.4) is 0 Å². The first-order chi connectivity index (χ1) is 16.4. The minimum Gasteiger partial charge on any atom is -0.508 e. The van der Waals surface area contributed by atoms with E-state index in [4.69, 9.17) is 4.74 Å². The van der Waals surface area contributed by atoms with Gasteiger partial charge >= 0.3 is 6.09 Å². The zero-order valence-electron chi connectivity index (χ0n) is 22.5. The molecule has 1 aromatic carbocycles. The Morgan fingerprint density at radius 3 is 2.29 bits per heavy atom. The van der Waals surface area contributed by atoms with Crippen molar-refractivity contribution in [3.8, 4) is 5.75 Å². The number of rotatable bonds is 13. The van der Waals surface area contributed by atoms with Crippen LogP contribution in [-0.2, 0) is 14.3 Å². The van der Waals surface area contributed by atoms with Gasteiger partial charge in [0.2, 0.25) is 11.8 Å². The number of carbonyl (C=O) groups excluding carboxylic acids is 3. The van der Waals surface area contributed by atoms with Crippen LogP contribution in [0.5, 0.6) is 5.75 Å². The molecule has 1 aromatic rings. The van der Waals surface area contributed by atoms with E-state index >= 15 is 0 Å². The highest BCUT2D eigenvalue weighted by Gasteiger charge is 2.35. The van der Waals surface area contributed by atoms with Crippen molar-refractivity contribution in [3.05, 3.63) is 29.8 Å². The van der Waals surface area contributed by atoms with Crippen LogP contribution in [0.4, 0.5) is 4.79 Å². The molecule has 0 aliphatic rings. The predicted octanol–water partition coefficient (Wildman–Crippen LogP) is 5.06. The van der Waals surface area contributed by atoms with Crippen LogP contribution in [0.2, 0.25) is 0 Å². The van der Waals surface area contributed by atoms with Crippen LogP contribution >= 0.6 is 0 Å². The summed E-state index contributed by atoms with van der Waals surface area (Å²) >= 11 is 0. The fourth-order valence-electron chi connectivity index (χ4n) is 3.86. The number of alkyl carbamates (subject to hydrolysis) is 1. The molecule has 0 aliphatic heterocycles. The van der Waals surface area contributed by atoms with Gasteiger partial charge in [0.1, 0.15) is 23.4 Å². The van der Waals surface area contributed by atoms with Crippen molar-refractivity contribution < 1.29 is 24.2 Å². The van der Waals surface area contributed by atoms with Crippen molar-refractivity contribution in [3.63, 3.8) is 0 Å². The molecule has 0 bridgehead atoms. The lowest BCUT2D eigenvalue weighted by Crippen LogP contribution is -2.52. The molecule has 198 valence electrons. The molecular formula is C27H45N3O5. The van der Waals surface area contributed by atoms with Crippen molar-refractivity contribution in [2.24, 2.45) is 0 Å². The maximum atomic E-state index is 13.6. The largest absolute Gasteiger partial charge is 0.508 e. The average molecular weight is 492 g/mol. The minimum absolute atomic E-state index is 0.0141. The molecule has 8 nitrogen and oxygen atoms in total.